The molecule has 0 amide bonds. The van der Waals surface area contributed by atoms with E-state index in [1.807, 2.05) is 0 Å². The third-order valence-electron chi connectivity index (χ3n) is 15.2. The fourth-order valence-electron chi connectivity index (χ4n) is 12.3. The summed E-state index contributed by atoms with van der Waals surface area (Å²) in [5.74, 6) is 3.38. The molecule has 320 valence electrons. The van der Waals surface area contributed by atoms with Crippen molar-refractivity contribution in [3.8, 4) is 0 Å². The summed E-state index contributed by atoms with van der Waals surface area (Å²) in [6, 6.07) is 0. The van der Waals surface area contributed by atoms with Gasteiger partial charge in [0, 0.05) is 33.1 Å². The molecule has 0 saturated heterocycles. The Hall–Kier alpha value is -1.76. The first-order valence-corrected chi connectivity index (χ1v) is 24.4. The molecule has 0 aromatic carbocycles. The van der Waals surface area contributed by atoms with Crippen LogP contribution in [-0.2, 0) is 19.1 Å². The molecule has 0 aliphatic heterocycles. The van der Waals surface area contributed by atoms with Gasteiger partial charge in [0.15, 0.2) is 0 Å². The van der Waals surface area contributed by atoms with Gasteiger partial charge in [0.1, 0.15) is 12.2 Å². The number of halogens is 2. The van der Waals surface area contributed by atoms with Gasteiger partial charge in [-0.1, -0.05) is 134 Å². The molecule has 12 atom stereocenters. The summed E-state index contributed by atoms with van der Waals surface area (Å²) in [7, 11) is 0. The average Bonchev–Trinajstić information content (AvgIpc) is 3.70. The summed E-state index contributed by atoms with van der Waals surface area (Å²) in [6.07, 6.45) is 26.5. The molecule has 6 fully saturated rings. The Labute approximate surface area is 377 Å². The molecule has 0 unspecified atom stereocenters. The Bertz CT molecular complexity index is 1720. The summed E-state index contributed by atoms with van der Waals surface area (Å²) in [5.41, 5.74) is 7.51. The zero-order valence-electron chi connectivity index (χ0n) is 36.0. The molecule has 0 heterocycles. The Kier molecular flexibility index (Phi) is 17.0. The second-order valence-corrected chi connectivity index (χ2v) is 20.3. The van der Waals surface area contributed by atoms with Crippen molar-refractivity contribution in [2.45, 2.75) is 156 Å². The number of hydrogen-bond donors (Lipinski definition) is 2. The minimum Gasteiger partial charge on any atom is -0.462 e. The van der Waals surface area contributed by atoms with Crippen LogP contribution in [0.3, 0.4) is 0 Å². The Morgan fingerprint density at radius 1 is 0.724 bits per heavy atom. The summed E-state index contributed by atoms with van der Waals surface area (Å²) >= 11 is 4.67. The average molecular weight is 1020 g/mol. The van der Waals surface area contributed by atoms with Crippen molar-refractivity contribution >= 4 is 57.1 Å². The summed E-state index contributed by atoms with van der Waals surface area (Å²) in [6.45, 7) is 20.8. The molecule has 0 aromatic rings. The highest BCUT2D eigenvalue weighted by molar-refractivity contribution is 14.1. The third-order valence-corrected chi connectivity index (χ3v) is 16.1. The van der Waals surface area contributed by atoms with E-state index < -0.39 is 18.3 Å². The van der Waals surface area contributed by atoms with E-state index in [1.54, 1.807) is 5.57 Å². The van der Waals surface area contributed by atoms with E-state index in [4.69, 9.17) is 9.47 Å². The number of aliphatic hydroxyl groups is 2. The highest BCUT2D eigenvalue weighted by Crippen LogP contribution is 2.61. The van der Waals surface area contributed by atoms with Crippen LogP contribution in [-0.4, -0.2) is 46.6 Å². The van der Waals surface area contributed by atoms with E-state index in [2.05, 4.69) is 131 Å². The van der Waals surface area contributed by atoms with E-state index in [0.717, 1.165) is 40.5 Å². The fourth-order valence-corrected chi connectivity index (χ4v) is 13.6. The van der Waals surface area contributed by atoms with Crippen molar-refractivity contribution in [3.05, 3.63) is 91.2 Å². The standard InChI is InChI=1S/C27H37IO4.C23H33IO2/c1-17(12-14-28)24-10-11-25-21(7-6-13-27(24,25)5)8-9-22-15-23(31-19(3)29)16-26(18(22)2)32-20(4)30;1-15(10-12-24)20-8-9-21-17(5-4-11-23(20,21)3)6-7-18-13-19(25)14-22(26)16(18)2/h8-9,12,14,17,23-26H,2,6-7,10-11,13,15-16H2,1,3-5H3;6-7,10,12,15,19-22,25-26H,2,4-5,8-9,11,13-14H2,1,3H3/b14-12+,21-8+,22-9+;12-10+,17-6+,18-7+/t17-,23-,24-,25+,26+,27-;15-,19-,20-,21+,22+,23-/m11/s1. The Morgan fingerprint density at radius 3 is 1.67 bits per heavy atom. The molecule has 6 rings (SSSR count). The molecule has 6 aliphatic rings. The van der Waals surface area contributed by atoms with Gasteiger partial charge in [-0.25, -0.2) is 0 Å². The lowest BCUT2D eigenvalue weighted by molar-refractivity contribution is -0.152. The van der Waals surface area contributed by atoms with Crippen molar-refractivity contribution in [3.63, 3.8) is 0 Å². The highest BCUT2D eigenvalue weighted by atomic mass is 127. The molecule has 6 saturated carbocycles. The monoisotopic (exact) mass is 1020 g/mol. The smallest absolute Gasteiger partial charge is 0.303 e. The van der Waals surface area contributed by atoms with Crippen LogP contribution in [0.1, 0.15) is 131 Å². The van der Waals surface area contributed by atoms with Gasteiger partial charge in [0.25, 0.3) is 0 Å². The van der Waals surface area contributed by atoms with Crippen LogP contribution in [0.25, 0.3) is 0 Å². The van der Waals surface area contributed by atoms with Gasteiger partial charge in [-0.15, -0.1) is 0 Å². The van der Waals surface area contributed by atoms with Gasteiger partial charge < -0.3 is 19.7 Å². The number of esters is 2. The van der Waals surface area contributed by atoms with Gasteiger partial charge in [-0.3, -0.25) is 9.59 Å². The van der Waals surface area contributed by atoms with E-state index in [-0.39, 0.29) is 18.0 Å². The van der Waals surface area contributed by atoms with Crippen LogP contribution < -0.4 is 0 Å². The molecular formula is C50H70I2O6. The fraction of sp³-hybridized carbons (Fsp3) is 0.640. The van der Waals surface area contributed by atoms with E-state index >= 15 is 0 Å². The first kappa shape index (κ1) is 47.3. The number of allylic oxidation sites excluding steroid dienone is 8. The lowest BCUT2D eigenvalue weighted by atomic mass is 9.61. The zero-order chi connectivity index (χ0) is 42.4. The van der Waals surface area contributed by atoms with Crippen LogP contribution in [0.5, 0.6) is 0 Å². The lowest BCUT2D eigenvalue weighted by Gasteiger charge is -2.44. The molecule has 0 bridgehead atoms. The second-order valence-electron chi connectivity index (χ2n) is 18.8. The van der Waals surface area contributed by atoms with Gasteiger partial charge >= 0.3 is 11.9 Å². The first-order chi connectivity index (χ1) is 27.5. The summed E-state index contributed by atoms with van der Waals surface area (Å²) in [4.78, 5) is 23.1. The number of ether oxygens (including phenoxy) is 2. The maximum absolute atomic E-state index is 11.6. The van der Waals surface area contributed by atoms with E-state index in [9.17, 15) is 19.8 Å². The minimum atomic E-state index is -0.600. The predicted octanol–water partition coefficient (Wildman–Crippen LogP) is 12.6. The number of carbonyl (C=O) groups is 2. The third kappa shape index (κ3) is 11.0. The molecule has 0 spiro atoms. The Morgan fingerprint density at radius 2 is 1.21 bits per heavy atom. The maximum atomic E-state index is 11.6. The largest absolute Gasteiger partial charge is 0.462 e. The van der Waals surface area contributed by atoms with Crippen molar-refractivity contribution in [2.75, 3.05) is 0 Å². The zero-order valence-corrected chi connectivity index (χ0v) is 40.3. The van der Waals surface area contributed by atoms with E-state index in [1.165, 1.54) is 77.2 Å². The summed E-state index contributed by atoms with van der Waals surface area (Å²) < 4.78 is 15.3. The van der Waals surface area contributed by atoms with Crippen LogP contribution in [0.2, 0.25) is 0 Å². The highest BCUT2D eigenvalue weighted by Gasteiger charge is 2.51. The van der Waals surface area contributed by atoms with Crippen LogP contribution in [0, 0.1) is 46.3 Å². The number of hydrogen-bond acceptors (Lipinski definition) is 6. The van der Waals surface area contributed by atoms with Crippen molar-refractivity contribution in [1.82, 2.24) is 0 Å². The van der Waals surface area contributed by atoms with Crippen molar-refractivity contribution in [2.24, 2.45) is 46.3 Å². The van der Waals surface area contributed by atoms with Crippen molar-refractivity contribution < 1.29 is 29.3 Å². The molecule has 8 heteroatoms. The molecule has 6 nitrogen and oxygen atoms in total. The topological polar surface area (TPSA) is 93.1 Å². The molecule has 0 aromatic heterocycles. The van der Waals surface area contributed by atoms with E-state index in [0.29, 0.717) is 60.2 Å². The number of carbonyl (C=O) groups excluding carboxylic acids is 2. The van der Waals surface area contributed by atoms with Gasteiger partial charge in [0.05, 0.1) is 12.2 Å². The van der Waals surface area contributed by atoms with Crippen LogP contribution in [0.4, 0.5) is 0 Å². The lowest BCUT2D eigenvalue weighted by Crippen LogP contribution is -2.35. The van der Waals surface area contributed by atoms with Gasteiger partial charge in [-0.05, 0) is 147 Å². The number of rotatable bonds is 8. The minimum absolute atomic E-state index is 0.291. The quantitative estimate of drug-likeness (QED) is 0.186. The molecular weight excluding hydrogens is 950 g/mol. The second kappa shape index (κ2) is 20.9. The first-order valence-electron chi connectivity index (χ1n) is 21.9. The number of fused-ring (bicyclic) bond motifs is 2. The Balaban J connectivity index is 0.000000226. The SMILES string of the molecule is C=C1/C(=C/C=C2\CCC[C@]3(C)[C@@H]([C@H](C)/C=C/I)CC[C@@H]23)C[C@@H](O)C[C@@H]1O.C=C1/C(=C/C=C2\CCC[C@]3(C)[C@@H]([C@H](C)/C=C/I)CC[C@@H]23)C[C@@H](OC(C)=O)C[C@@H]1OC(C)=O. The van der Waals surface area contributed by atoms with Crippen LogP contribution in [0.15, 0.2) is 91.2 Å². The molecule has 0 radical (unpaired) electrons. The van der Waals surface area contributed by atoms with Gasteiger partial charge in [-0.2, -0.15) is 0 Å². The molecule has 2 N–H and O–H groups in total. The normalized spacial score (nSPS) is 39.1. The van der Waals surface area contributed by atoms with Gasteiger partial charge in [0.2, 0.25) is 0 Å². The summed E-state index contributed by atoms with van der Waals surface area (Å²) in [5, 5.41) is 20.0. The van der Waals surface area contributed by atoms with Crippen molar-refractivity contribution in [1.29, 1.82) is 0 Å². The number of aliphatic hydroxyl groups excluding tert-OH is 2. The molecule has 58 heavy (non-hydrogen) atoms. The van der Waals surface area contributed by atoms with Crippen LogP contribution >= 0.6 is 45.2 Å². The predicted molar refractivity (Wildman–Crippen MR) is 253 cm³/mol. The maximum Gasteiger partial charge on any atom is 0.303 e. The molecule has 6 aliphatic carbocycles.